The summed E-state index contributed by atoms with van der Waals surface area (Å²) in [5, 5.41) is 4.08. The summed E-state index contributed by atoms with van der Waals surface area (Å²) in [4.78, 5) is 25.5. The first kappa shape index (κ1) is 15.7. The number of nitrogens with zero attached hydrogens (tertiary/aromatic N) is 7. The quantitative estimate of drug-likeness (QED) is 0.820. The highest BCUT2D eigenvalue weighted by Gasteiger charge is 2.33. The lowest BCUT2D eigenvalue weighted by Gasteiger charge is -2.41. The van der Waals surface area contributed by atoms with Crippen molar-refractivity contribution >= 4 is 5.91 Å². The molecule has 2 unspecified atom stereocenters. The van der Waals surface area contributed by atoms with Gasteiger partial charge in [0.25, 0.3) is 0 Å². The number of rotatable bonds is 4. The van der Waals surface area contributed by atoms with Gasteiger partial charge >= 0.3 is 0 Å². The van der Waals surface area contributed by atoms with Crippen LogP contribution in [0.5, 0.6) is 0 Å². The summed E-state index contributed by atoms with van der Waals surface area (Å²) in [6.07, 6.45) is 6.79. The molecule has 8 heteroatoms. The summed E-state index contributed by atoms with van der Waals surface area (Å²) in [6.45, 7) is 7.18. The number of carbonyl (C=O) groups is 1. The normalized spacial score (nSPS) is 20.7. The topological polar surface area (TPSA) is 72.1 Å². The van der Waals surface area contributed by atoms with Gasteiger partial charge in [-0.25, -0.2) is 14.6 Å². The second-order valence-electron chi connectivity index (χ2n) is 5.88. The highest BCUT2D eigenvalue weighted by atomic mass is 16.2. The second-order valence-corrected chi connectivity index (χ2v) is 5.88. The third-order valence-electron chi connectivity index (χ3n) is 4.56. The molecule has 23 heavy (non-hydrogen) atoms. The van der Waals surface area contributed by atoms with Crippen LogP contribution in [0.25, 0.3) is 0 Å². The Kier molecular flexibility index (Phi) is 4.42. The molecule has 0 aromatic carbocycles. The zero-order valence-electron chi connectivity index (χ0n) is 13.8. The molecule has 124 valence electrons. The van der Waals surface area contributed by atoms with Crippen LogP contribution >= 0.6 is 0 Å². The fraction of sp³-hybridized carbons (Fsp3) is 0.600. The van der Waals surface area contributed by atoms with Crippen LogP contribution in [0.15, 0.2) is 25.0 Å². The van der Waals surface area contributed by atoms with Crippen LogP contribution in [-0.2, 0) is 11.8 Å². The average molecular weight is 317 g/mol. The van der Waals surface area contributed by atoms with E-state index in [1.54, 1.807) is 11.0 Å². The van der Waals surface area contributed by atoms with Crippen molar-refractivity contribution in [3.63, 3.8) is 0 Å². The van der Waals surface area contributed by atoms with E-state index in [9.17, 15) is 4.79 Å². The van der Waals surface area contributed by atoms with Crippen molar-refractivity contribution in [1.82, 2.24) is 34.1 Å². The molecule has 1 amide bonds. The van der Waals surface area contributed by atoms with E-state index >= 15 is 0 Å². The predicted octanol–water partition coefficient (Wildman–Crippen LogP) is 0.478. The molecule has 1 fully saturated rings. The summed E-state index contributed by atoms with van der Waals surface area (Å²) in [5.41, 5.74) is 0. The van der Waals surface area contributed by atoms with E-state index in [2.05, 4.69) is 26.9 Å². The zero-order valence-corrected chi connectivity index (χ0v) is 13.8. The van der Waals surface area contributed by atoms with Crippen molar-refractivity contribution < 1.29 is 4.79 Å². The van der Waals surface area contributed by atoms with Crippen LogP contribution in [-0.4, -0.2) is 66.2 Å². The van der Waals surface area contributed by atoms with Gasteiger partial charge in [-0.1, -0.05) is 6.92 Å². The van der Waals surface area contributed by atoms with Gasteiger partial charge in [-0.2, -0.15) is 5.10 Å². The average Bonchev–Trinajstić information content (AvgIpc) is 3.24. The van der Waals surface area contributed by atoms with Gasteiger partial charge in [0.15, 0.2) is 0 Å². The standard InChI is InChI=1S/C15H23N7O/c1-4-20-7-8-21(9-13(20)14-17-5-6-19(14)3)15(23)12(2)22-11-16-10-18-22/h5-6,10-13H,4,7-9H2,1-3H3. The SMILES string of the molecule is CCN1CCN(C(=O)C(C)n2cncn2)CC1c1nccn1C. The first-order chi connectivity index (χ1) is 11.1. The number of aromatic nitrogens is 5. The number of likely N-dealkylation sites (N-methyl/N-ethyl adjacent to an activating group) is 1. The molecule has 0 N–H and O–H groups in total. The molecular weight excluding hydrogens is 294 g/mol. The van der Waals surface area contributed by atoms with Gasteiger partial charge in [0, 0.05) is 39.1 Å². The van der Waals surface area contributed by atoms with Crippen molar-refractivity contribution in [3.8, 4) is 0 Å². The molecule has 1 saturated heterocycles. The third kappa shape index (κ3) is 2.98. The molecule has 0 saturated carbocycles. The molecule has 8 nitrogen and oxygen atoms in total. The first-order valence-corrected chi connectivity index (χ1v) is 7.96. The Bertz CT molecular complexity index is 651. The van der Waals surface area contributed by atoms with E-state index in [4.69, 9.17) is 0 Å². The number of hydrogen-bond acceptors (Lipinski definition) is 5. The molecule has 2 aromatic rings. The number of imidazole rings is 1. The van der Waals surface area contributed by atoms with Gasteiger partial charge in [0.1, 0.15) is 24.5 Å². The van der Waals surface area contributed by atoms with Crippen LogP contribution in [0, 0.1) is 0 Å². The number of hydrogen-bond donors (Lipinski definition) is 0. The molecule has 1 aliphatic rings. The Morgan fingerprint density at radius 3 is 2.87 bits per heavy atom. The largest absolute Gasteiger partial charge is 0.338 e. The number of piperazine rings is 1. The summed E-state index contributed by atoms with van der Waals surface area (Å²) in [7, 11) is 2.00. The Balaban J connectivity index is 1.77. The fourth-order valence-electron chi connectivity index (χ4n) is 3.14. The Hall–Kier alpha value is -2.22. The molecule has 3 heterocycles. The molecule has 2 atom stereocenters. The monoisotopic (exact) mass is 317 g/mol. The maximum atomic E-state index is 12.8. The predicted molar refractivity (Wildman–Crippen MR) is 84.5 cm³/mol. The van der Waals surface area contributed by atoms with Crippen LogP contribution in [0.2, 0.25) is 0 Å². The smallest absolute Gasteiger partial charge is 0.247 e. The second kappa shape index (κ2) is 6.49. The van der Waals surface area contributed by atoms with E-state index in [-0.39, 0.29) is 18.0 Å². The summed E-state index contributed by atoms with van der Waals surface area (Å²) in [6, 6.07) is -0.214. The van der Waals surface area contributed by atoms with E-state index < -0.39 is 0 Å². The molecule has 0 aliphatic carbocycles. The van der Waals surface area contributed by atoms with Crippen molar-refractivity contribution in [3.05, 3.63) is 30.9 Å². The Morgan fingerprint density at radius 1 is 1.43 bits per heavy atom. The van der Waals surface area contributed by atoms with E-state index in [0.717, 1.165) is 25.5 Å². The highest BCUT2D eigenvalue weighted by Crippen LogP contribution is 2.25. The van der Waals surface area contributed by atoms with Crippen LogP contribution in [0.3, 0.4) is 0 Å². The van der Waals surface area contributed by atoms with E-state index in [1.165, 1.54) is 6.33 Å². The minimum atomic E-state index is -0.340. The van der Waals surface area contributed by atoms with Crippen molar-refractivity contribution in [2.45, 2.75) is 25.9 Å². The van der Waals surface area contributed by atoms with E-state index in [0.29, 0.717) is 6.54 Å². The number of amides is 1. The lowest BCUT2D eigenvalue weighted by molar-refractivity contribution is -0.137. The summed E-state index contributed by atoms with van der Waals surface area (Å²) < 4.78 is 3.63. The minimum Gasteiger partial charge on any atom is -0.338 e. The van der Waals surface area contributed by atoms with Gasteiger partial charge in [-0.15, -0.1) is 0 Å². The van der Waals surface area contributed by atoms with Crippen molar-refractivity contribution in [1.29, 1.82) is 0 Å². The van der Waals surface area contributed by atoms with Gasteiger partial charge in [0.05, 0.1) is 6.04 Å². The van der Waals surface area contributed by atoms with Gasteiger partial charge < -0.3 is 9.47 Å². The number of aryl methyl sites for hydroxylation is 1. The highest BCUT2D eigenvalue weighted by molar-refractivity contribution is 5.80. The summed E-state index contributed by atoms with van der Waals surface area (Å²) >= 11 is 0. The summed E-state index contributed by atoms with van der Waals surface area (Å²) in [5.74, 6) is 1.07. The minimum absolute atomic E-state index is 0.0745. The molecule has 0 spiro atoms. The number of carbonyl (C=O) groups excluding carboxylic acids is 1. The maximum Gasteiger partial charge on any atom is 0.247 e. The molecule has 0 bridgehead atoms. The Morgan fingerprint density at radius 2 is 2.26 bits per heavy atom. The van der Waals surface area contributed by atoms with Crippen molar-refractivity contribution in [2.75, 3.05) is 26.2 Å². The zero-order chi connectivity index (χ0) is 16.4. The molecule has 0 radical (unpaired) electrons. The lowest BCUT2D eigenvalue weighted by Crippen LogP contribution is -2.52. The van der Waals surface area contributed by atoms with Gasteiger partial charge in [-0.3, -0.25) is 9.69 Å². The lowest BCUT2D eigenvalue weighted by atomic mass is 10.1. The molecular formula is C15H23N7O. The van der Waals surface area contributed by atoms with Crippen molar-refractivity contribution in [2.24, 2.45) is 7.05 Å². The molecule has 1 aliphatic heterocycles. The van der Waals surface area contributed by atoms with Crippen LogP contribution in [0.4, 0.5) is 0 Å². The maximum absolute atomic E-state index is 12.8. The molecule has 2 aromatic heterocycles. The van der Waals surface area contributed by atoms with Crippen LogP contribution < -0.4 is 0 Å². The van der Waals surface area contributed by atoms with E-state index in [1.807, 2.05) is 35.8 Å². The molecule has 3 rings (SSSR count). The Labute approximate surface area is 135 Å². The van der Waals surface area contributed by atoms with Gasteiger partial charge in [0.2, 0.25) is 5.91 Å². The van der Waals surface area contributed by atoms with Crippen LogP contribution in [0.1, 0.15) is 31.8 Å². The van der Waals surface area contributed by atoms with Gasteiger partial charge in [-0.05, 0) is 13.5 Å². The third-order valence-corrected chi connectivity index (χ3v) is 4.56. The first-order valence-electron chi connectivity index (χ1n) is 7.96. The fourth-order valence-corrected chi connectivity index (χ4v) is 3.14.